The van der Waals surface area contributed by atoms with Crippen molar-refractivity contribution in [1.82, 2.24) is 0 Å². The lowest BCUT2D eigenvalue weighted by Gasteiger charge is -2.45. The Balaban J connectivity index is 2.05. The van der Waals surface area contributed by atoms with E-state index in [0.717, 1.165) is 6.42 Å². The molecule has 2 aliphatic rings. The van der Waals surface area contributed by atoms with Gasteiger partial charge < -0.3 is 44.5 Å². The van der Waals surface area contributed by atoms with E-state index in [9.17, 15) is 35.1 Å². The van der Waals surface area contributed by atoms with Crippen LogP contribution >= 0.6 is 0 Å². The number of carboxylic acids is 1. The van der Waals surface area contributed by atoms with Crippen LogP contribution in [0.5, 0.6) is 0 Å². The van der Waals surface area contributed by atoms with Gasteiger partial charge in [0.15, 0.2) is 5.79 Å². The Morgan fingerprint density at radius 2 is 1.68 bits per heavy atom. The van der Waals surface area contributed by atoms with Crippen molar-refractivity contribution in [1.29, 1.82) is 0 Å². The van der Waals surface area contributed by atoms with Crippen LogP contribution in [0.15, 0.2) is 12.2 Å². The first-order valence-electron chi connectivity index (χ1n) is 19.2. The number of carbonyl (C=O) groups excluding carboxylic acids is 1. The Kier molecular flexibility index (Phi) is 18.0. The quantitative estimate of drug-likeness (QED) is 0.0923. The first-order chi connectivity index (χ1) is 23.4. The molecule has 0 aromatic rings. The summed E-state index contributed by atoms with van der Waals surface area (Å²) in [5.41, 5.74) is -0.891. The molecule has 1 fully saturated rings. The van der Waals surface area contributed by atoms with Gasteiger partial charge in [0, 0.05) is 24.2 Å². The molecule has 0 radical (unpaired) electrons. The zero-order valence-electron chi connectivity index (χ0n) is 32.4. The maximum atomic E-state index is 13.8. The lowest BCUT2D eigenvalue weighted by atomic mass is 9.76. The highest BCUT2D eigenvalue weighted by Crippen LogP contribution is 2.37. The number of aliphatic hydroxyl groups excluding tert-OH is 3. The van der Waals surface area contributed by atoms with Crippen molar-refractivity contribution in [2.75, 3.05) is 13.2 Å². The molecule has 0 aliphatic carbocycles. The standard InChI is InChI=1S/C39H70O11/c1-11-15-32(47-21-28(12-2)37(44)45)25(7)35(42)26(8)36(43)30(13-3)34(41)24(6)20-23(5)31-16-17-33(40)39(14-4,50-31)48-22-29-18-19-38(10,46)27(9)49-29/h16-17,23-35,40-42,46H,11-15,18-22H2,1-10H3,(H,44,45)/t23-,24+,25-,26+,27+,28-,29?,30?,31+,32?,33?,34?,35+,38-,39+/m1/s1. The molecule has 50 heavy (non-hydrogen) atoms. The molecule has 11 nitrogen and oxygen atoms in total. The van der Waals surface area contributed by atoms with Crippen LogP contribution in [-0.4, -0.2) is 105 Å². The van der Waals surface area contributed by atoms with E-state index in [2.05, 4.69) is 0 Å². The SMILES string of the molecule is CCCC(OC[C@@H](CC)C(=O)O)[C@@H](C)[C@H](O)[C@H](C)C(=O)C(CC)C(O)[C@@H](C)C[C@@H](C)[C@@H]1C=CC(O)[C@@](CC)(OCC2CC[C@@](C)(O)[C@H](C)O2)O1. The molecule has 2 aliphatic heterocycles. The largest absolute Gasteiger partial charge is 0.481 e. The molecule has 0 aromatic heterocycles. The zero-order valence-corrected chi connectivity index (χ0v) is 32.4. The van der Waals surface area contributed by atoms with E-state index >= 15 is 0 Å². The number of hydrogen-bond acceptors (Lipinski definition) is 10. The van der Waals surface area contributed by atoms with Crippen LogP contribution in [0.2, 0.25) is 0 Å². The fourth-order valence-electron chi connectivity index (χ4n) is 7.47. The fourth-order valence-corrected chi connectivity index (χ4v) is 7.47. The molecular weight excluding hydrogens is 644 g/mol. The van der Waals surface area contributed by atoms with Gasteiger partial charge in [0.2, 0.25) is 0 Å². The lowest BCUT2D eigenvalue weighted by molar-refractivity contribution is -0.310. The number of ketones is 1. The van der Waals surface area contributed by atoms with Crippen molar-refractivity contribution in [3.05, 3.63) is 12.2 Å². The molecule has 0 aromatic carbocycles. The minimum atomic E-state index is -1.27. The van der Waals surface area contributed by atoms with E-state index in [0.29, 0.717) is 44.9 Å². The second-order valence-electron chi connectivity index (χ2n) is 15.5. The number of carboxylic acid groups (broad SMARTS) is 1. The van der Waals surface area contributed by atoms with E-state index in [-0.39, 0.29) is 43.0 Å². The average molecular weight is 715 g/mol. The van der Waals surface area contributed by atoms with Crippen molar-refractivity contribution < 1.29 is 54.1 Å². The molecule has 5 unspecified atom stereocenters. The summed E-state index contributed by atoms with van der Waals surface area (Å²) >= 11 is 0. The molecule has 15 atom stereocenters. The topological polar surface area (TPSA) is 172 Å². The minimum Gasteiger partial charge on any atom is -0.481 e. The maximum absolute atomic E-state index is 13.8. The molecule has 2 rings (SSSR count). The summed E-state index contributed by atoms with van der Waals surface area (Å²) in [5.74, 6) is -5.23. The van der Waals surface area contributed by atoms with Crippen molar-refractivity contribution in [3.8, 4) is 0 Å². The number of rotatable bonds is 22. The predicted octanol–water partition coefficient (Wildman–Crippen LogP) is 5.29. The summed E-state index contributed by atoms with van der Waals surface area (Å²) < 4.78 is 24.7. The molecule has 5 N–H and O–H groups in total. The van der Waals surface area contributed by atoms with Crippen LogP contribution in [0.25, 0.3) is 0 Å². The monoisotopic (exact) mass is 714 g/mol. The summed E-state index contributed by atoms with van der Waals surface area (Å²) in [6.07, 6.45) is 3.60. The summed E-state index contributed by atoms with van der Waals surface area (Å²) in [4.78, 5) is 25.3. The first-order valence-corrected chi connectivity index (χ1v) is 19.2. The molecular formula is C39H70O11. The molecule has 0 amide bonds. The van der Waals surface area contributed by atoms with E-state index in [1.165, 1.54) is 0 Å². The van der Waals surface area contributed by atoms with Crippen LogP contribution in [0.1, 0.15) is 121 Å². The molecule has 0 spiro atoms. The lowest BCUT2D eigenvalue weighted by Crippen LogP contribution is -2.54. The third-order valence-electron chi connectivity index (χ3n) is 11.6. The van der Waals surface area contributed by atoms with Gasteiger partial charge in [-0.15, -0.1) is 0 Å². The molecule has 11 heteroatoms. The Bertz CT molecular complexity index is 1060. The minimum absolute atomic E-state index is 0.0462. The van der Waals surface area contributed by atoms with Crippen molar-refractivity contribution in [2.24, 2.45) is 35.5 Å². The second-order valence-corrected chi connectivity index (χ2v) is 15.5. The Hall–Kier alpha value is -1.44. The number of aliphatic carboxylic acids is 1. The van der Waals surface area contributed by atoms with Crippen LogP contribution in [-0.2, 0) is 28.5 Å². The number of Topliss-reactive ketones (excluding diaryl/α,β-unsaturated/α-hetero) is 1. The fraction of sp³-hybridized carbons (Fsp3) is 0.897. The van der Waals surface area contributed by atoms with Gasteiger partial charge >= 0.3 is 5.97 Å². The molecule has 0 saturated carbocycles. The van der Waals surface area contributed by atoms with Crippen LogP contribution in [0, 0.1) is 35.5 Å². The molecule has 0 bridgehead atoms. The Morgan fingerprint density at radius 3 is 2.22 bits per heavy atom. The molecule has 2 heterocycles. The number of carbonyl (C=O) groups is 2. The Labute approximate surface area is 301 Å². The summed E-state index contributed by atoms with van der Waals surface area (Å²) in [7, 11) is 0. The van der Waals surface area contributed by atoms with Crippen LogP contribution in [0.3, 0.4) is 0 Å². The predicted molar refractivity (Wildman–Crippen MR) is 191 cm³/mol. The van der Waals surface area contributed by atoms with E-state index < -0.39 is 71.5 Å². The highest BCUT2D eigenvalue weighted by Gasteiger charge is 2.46. The van der Waals surface area contributed by atoms with Crippen LogP contribution < -0.4 is 0 Å². The smallest absolute Gasteiger partial charge is 0.308 e. The van der Waals surface area contributed by atoms with Gasteiger partial charge in [0.05, 0.1) is 61.4 Å². The number of hydrogen-bond donors (Lipinski definition) is 5. The Morgan fingerprint density at radius 1 is 1.02 bits per heavy atom. The van der Waals surface area contributed by atoms with Crippen molar-refractivity contribution >= 4 is 11.8 Å². The zero-order chi connectivity index (χ0) is 38.0. The highest BCUT2D eigenvalue weighted by molar-refractivity contribution is 5.84. The molecule has 292 valence electrons. The van der Waals surface area contributed by atoms with E-state index in [1.54, 1.807) is 26.8 Å². The van der Waals surface area contributed by atoms with Gasteiger partial charge in [0.1, 0.15) is 11.9 Å². The van der Waals surface area contributed by atoms with Gasteiger partial charge in [-0.05, 0) is 64.2 Å². The average Bonchev–Trinajstić information content (AvgIpc) is 3.08. The first kappa shape index (κ1) is 44.7. The van der Waals surface area contributed by atoms with E-state index in [1.807, 2.05) is 54.5 Å². The van der Waals surface area contributed by atoms with Gasteiger partial charge in [-0.2, -0.15) is 0 Å². The van der Waals surface area contributed by atoms with Crippen LogP contribution in [0.4, 0.5) is 0 Å². The highest BCUT2D eigenvalue weighted by atomic mass is 16.7. The maximum Gasteiger partial charge on any atom is 0.308 e. The van der Waals surface area contributed by atoms with Crippen molar-refractivity contribution in [2.45, 2.75) is 175 Å². The van der Waals surface area contributed by atoms with E-state index in [4.69, 9.17) is 18.9 Å². The van der Waals surface area contributed by atoms with Gasteiger partial charge in [-0.25, -0.2) is 0 Å². The summed E-state index contributed by atoms with van der Waals surface area (Å²) in [6, 6.07) is 0. The third kappa shape index (κ3) is 11.5. The van der Waals surface area contributed by atoms with Gasteiger partial charge in [-0.3, -0.25) is 9.59 Å². The van der Waals surface area contributed by atoms with Crippen molar-refractivity contribution in [3.63, 3.8) is 0 Å². The number of ether oxygens (including phenoxy) is 4. The summed E-state index contributed by atoms with van der Waals surface area (Å²) in [6.45, 7) is 18.9. The normalized spacial score (nSPS) is 32.7. The molecule has 1 saturated heterocycles. The van der Waals surface area contributed by atoms with Gasteiger partial charge in [0.25, 0.3) is 0 Å². The summed E-state index contributed by atoms with van der Waals surface area (Å²) in [5, 5.41) is 53.7. The second kappa shape index (κ2) is 20.1. The third-order valence-corrected chi connectivity index (χ3v) is 11.6. The number of aliphatic hydroxyl groups is 4. The van der Waals surface area contributed by atoms with Gasteiger partial charge in [-0.1, -0.05) is 74.0 Å².